The van der Waals surface area contributed by atoms with Crippen LogP contribution in [-0.2, 0) is 36.8 Å². The number of allylic oxidation sites excluding steroid dienone is 2. The van der Waals surface area contributed by atoms with E-state index in [0.29, 0.717) is 12.8 Å². The summed E-state index contributed by atoms with van der Waals surface area (Å²) in [5.74, 6) is -0.388. The molecule has 0 aromatic rings. The minimum atomic E-state index is -3.35. The van der Waals surface area contributed by atoms with Crippen LogP contribution in [0.15, 0.2) is 12.2 Å². The molecule has 0 heterocycles. The Morgan fingerprint density at radius 2 is 0.929 bits per heavy atom. The van der Waals surface area contributed by atoms with Crippen LogP contribution >= 0.6 is 15.2 Å². The van der Waals surface area contributed by atoms with Gasteiger partial charge in [0.25, 0.3) is 0 Å². The quantitative estimate of drug-likeness (QED) is 0.222. The highest BCUT2D eigenvalue weighted by Gasteiger charge is 2.27. The molecule has 0 saturated carbocycles. The van der Waals surface area contributed by atoms with Crippen LogP contribution in [0.2, 0.25) is 0 Å². The van der Waals surface area contributed by atoms with Crippen LogP contribution in [0.3, 0.4) is 0 Å². The van der Waals surface area contributed by atoms with Crippen molar-refractivity contribution in [3.63, 3.8) is 0 Å². The molecule has 0 amide bonds. The van der Waals surface area contributed by atoms with Gasteiger partial charge in [0.2, 0.25) is 0 Å². The van der Waals surface area contributed by atoms with Gasteiger partial charge in [-0.15, -0.1) is 0 Å². The molecular formula is C18H34O8P2. The first-order valence-electron chi connectivity index (χ1n) is 9.68. The summed E-state index contributed by atoms with van der Waals surface area (Å²) in [7, 11) is -6.70. The zero-order valence-corrected chi connectivity index (χ0v) is 19.2. The van der Waals surface area contributed by atoms with Gasteiger partial charge >= 0.3 is 15.2 Å². The van der Waals surface area contributed by atoms with Crippen molar-refractivity contribution in [3.05, 3.63) is 12.2 Å². The summed E-state index contributed by atoms with van der Waals surface area (Å²) in [4.78, 5) is 23.9. The lowest BCUT2D eigenvalue weighted by atomic mass is 10.2. The monoisotopic (exact) mass is 440 g/mol. The van der Waals surface area contributed by atoms with Crippen LogP contribution in [0, 0.1) is 0 Å². The van der Waals surface area contributed by atoms with Gasteiger partial charge in [0.15, 0.2) is 0 Å². The van der Waals surface area contributed by atoms with Crippen LogP contribution < -0.4 is 0 Å². The Morgan fingerprint density at radius 3 is 1.18 bits per heavy atom. The standard InChI is InChI=1S/C18H34O8P2/c1-5-23-27(21,24-6-2)15-17(19)13-11-9-10-12-14-18(20)16-28(22,25-7-3)26-8-4/h9-10H,5-8,11-16H2,1-4H3/b10-9+. The van der Waals surface area contributed by atoms with E-state index in [1.165, 1.54) is 0 Å². The molecule has 0 aromatic heterocycles. The molecule has 0 atom stereocenters. The molecule has 0 aliphatic rings. The van der Waals surface area contributed by atoms with E-state index in [0.717, 1.165) is 0 Å². The summed E-state index contributed by atoms with van der Waals surface area (Å²) in [5, 5.41) is 0. The SMILES string of the molecule is CCOP(=O)(CC(=O)CC/C=C/CCC(=O)CP(=O)(OCC)OCC)OCC. The van der Waals surface area contributed by atoms with E-state index >= 15 is 0 Å². The van der Waals surface area contributed by atoms with Crippen molar-refractivity contribution in [2.45, 2.75) is 53.4 Å². The van der Waals surface area contributed by atoms with Crippen LogP contribution in [0.25, 0.3) is 0 Å². The van der Waals surface area contributed by atoms with Crippen molar-refractivity contribution >= 4 is 26.8 Å². The Labute approximate surface area is 168 Å². The van der Waals surface area contributed by atoms with Gasteiger partial charge in [0, 0.05) is 12.8 Å². The van der Waals surface area contributed by atoms with Crippen molar-refractivity contribution in [3.8, 4) is 0 Å². The highest BCUT2D eigenvalue weighted by Crippen LogP contribution is 2.48. The summed E-state index contributed by atoms with van der Waals surface area (Å²) in [5.41, 5.74) is 0. The molecule has 28 heavy (non-hydrogen) atoms. The average Bonchev–Trinajstić information content (AvgIpc) is 2.58. The average molecular weight is 440 g/mol. The highest BCUT2D eigenvalue weighted by molar-refractivity contribution is 7.55. The molecule has 10 heteroatoms. The van der Waals surface area contributed by atoms with Gasteiger partial charge in [0.1, 0.15) is 23.9 Å². The molecule has 0 radical (unpaired) electrons. The van der Waals surface area contributed by atoms with Crippen LogP contribution in [-0.4, -0.2) is 50.3 Å². The Hall–Kier alpha value is -0.620. The maximum absolute atomic E-state index is 12.3. The normalized spacial score (nSPS) is 12.6. The number of Topliss-reactive ketones (excluding diaryl/α,β-unsaturated/α-hetero) is 2. The molecule has 0 spiro atoms. The molecule has 164 valence electrons. The summed E-state index contributed by atoms with van der Waals surface area (Å²) < 4.78 is 45.0. The molecule has 8 nitrogen and oxygen atoms in total. The highest BCUT2D eigenvalue weighted by atomic mass is 31.2. The van der Waals surface area contributed by atoms with Crippen molar-refractivity contribution in [1.82, 2.24) is 0 Å². The molecular weight excluding hydrogens is 406 g/mol. The second-order valence-electron chi connectivity index (χ2n) is 5.84. The van der Waals surface area contributed by atoms with Crippen LogP contribution in [0.4, 0.5) is 0 Å². The lowest BCUT2D eigenvalue weighted by Crippen LogP contribution is -2.09. The van der Waals surface area contributed by atoms with Gasteiger partial charge in [-0.2, -0.15) is 0 Å². The van der Waals surface area contributed by atoms with E-state index in [1.54, 1.807) is 39.8 Å². The van der Waals surface area contributed by atoms with Crippen molar-refractivity contribution in [1.29, 1.82) is 0 Å². The third kappa shape index (κ3) is 12.8. The molecule has 0 rings (SSSR count). The fourth-order valence-electron chi connectivity index (χ4n) is 2.36. The second kappa shape index (κ2) is 15.3. The Kier molecular flexibility index (Phi) is 14.9. The molecule has 0 bridgehead atoms. The van der Waals surface area contributed by atoms with E-state index in [-0.39, 0.29) is 63.2 Å². The number of hydrogen-bond donors (Lipinski definition) is 0. The summed E-state index contributed by atoms with van der Waals surface area (Å²) in [6.07, 6.45) is 4.51. The van der Waals surface area contributed by atoms with E-state index in [9.17, 15) is 18.7 Å². The molecule has 0 aliphatic heterocycles. The molecule has 0 aliphatic carbocycles. The molecule has 0 fully saturated rings. The smallest absolute Gasteiger partial charge is 0.309 e. The van der Waals surface area contributed by atoms with E-state index in [4.69, 9.17) is 18.1 Å². The maximum atomic E-state index is 12.3. The van der Waals surface area contributed by atoms with Gasteiger partial charge in [-0.3, -0.25) is 18.7 Å². The predicted octanol–water partition coefficient (Wildman–Crippen LogP) is 4.77. The van der Waals surface area contributed by atoms with Crippen LogP contribution in [0.5, 0.6) is 0 Å². The molecule has 0 saturated heterocycles. The van der Waals surface area contributed by atoms with Gasteiger partial charge in [0.05, 0.1) is 26.4 Å². The first kappa shape index (κ1) is 27.4. The number of rotatable bonds is 18. The van der Waals surface area contributed by atoms with E-state index in [2.05, 4.69) is 0 Å². The largest absolute Gasteiger partial charge is 0.338 e. The van der Waals surface area contributed by atoms with E-state index < -0.39 is 15.2 Å². The number of carbonyl (C=O) groups excluding carboxylic acids is 2. The molecule has 0 unspecified atom stereocenters. The number of carbonyl (C=O) groups is 2. The van der Waals surface area contributed by atoms with Gasteiger partial charge in [-0.1, -0.05) is 12.2 Å². The first-order valence-corrected chi connectivity index (χ1v) is 13.1. The van der Waals surface area contributed by atoms with Crippen molar-refractivity contribution in [2.24, 2.45) is 0 Å². The lowest BCUT2D eigenvalue weighted by Gasteiger charge is -2.16. The summed E-state index contributed by atoms with van der Waals surface area (Å²) in [6, 6.07) is 0. The summed E-state index contributed by atoms with van der Waals surface area (Å²) in [6.45, 7) is 7.67. The van der Waals surface area contributed by atoms with Crippen LogP contribution in [0.1, 0.15) is 53.4 Å². The first-order chi connectivity index (χ1) is 13.2. The van der Waals surface area contributed by atoms with Crippen molar-refractivity contribution < 1.29 is 36.8 Å². The van der Waals surface area contributed by atoms with Gasteiger partial charge < -0.3 is 18.1 Å². The minimum Gasteiger partial charge on any atom is -0.309 e. The third-order valence-corrected chi connectivity index (χ3v) is 7.48. The number of hydrogen-bond acceptors (Lipinski definition) is 8. The van der Waals surface area contributed by atoms with Gasteiger partial charge in [-0.05, 0) is 40.5 Å². The minimum absolute atomic E-state index is 0.194. The molecule has 0 aromatic carbocycles. The zero-order chi connectivity index (χ0) is 21.5. The van der Waals surface area contributed by atoms with Crippen molar-refractivity contribution in [2.75, 3.05) is 38.8 Å². The Bertz CT molecular complexity index is 518. The Balaban J connectivity index is 4.21. The Morgan fingerprint density at radius 1 is 0.643 bits per heavy atom. The molecule has 0 N–H and O–H groups in total. The predicted molar refractivity (Wildman–Crippen MR) is 109 cm³/mol. The third-order valence-electron chi connectivity index (χ3n) is 3.39. The fourth-order valence-corrected chi connectivity index (χ4v) is 5.63. The number of ketones is 2. The van der Waals surface area contributed by atoms with E-state index in [1.807, 2.05) is 0 Å². The van der Waals surface area contributed by atoms with Gasteiger partial charge in [-0.25, -0.2) is 0 Å². The summed E-state index contributed by atoms with van der Waals surface area (Å²) >= 11 is 0. The topological polar surface area (TPSA) is 105 Å². The fraction of sp³-hybridized carbons (Fsp3) is 0.778. The maximum Gasteiger partial charge on any atom is 0.338 e. The second-order valence-corrected chi connectivity index (χ2v) is 9.94. The zero-order valence-electron chi connectivity index (χ0n) is 17.4. The lowest BCUT2D eigenvalue weighted by molar-refractivity contribution is -0.117.